The molecule has 16 heavy (non-hydrogen) atoms. The molecule has 2 aliphatic heterocycles. The van der Waals surface area contributed by atoms with E-state index in [0.717, 1.165) is 0 Å². The van der Waals surface area contributed by atoms with Gasteiger partial charge in [0.2, 0.25) is 0 Å². The van der Waals surface area contributed by atoms with E-state index in [1.54, 1.807) is 5.56 Å². The van der Waals surface area contributed by atoms with Crippen molar-refractivity contribution in [1.29, 1.82) is 0 Å². The number of nitrogens with zero attached hydrogens (tertiary/aromatic N) is 2. The Kier molecular flexibility index (Phi) is 2.40. The summed E-state index contributed by atoms with van der Waals surface area (Å²) in [7, 11) is 2.25. The number of anilines is 1. The van der Waals surface area contributed by atoms with Crippen molar-refractivity contribution >= 4 is 5.69 Å². The van der Waals surface area contributed by atoms with Gasteiger partial charge in [0.05, 0.1) is 0 Å². The van der Waals surface area contributed by atoms with Crippen molar-refractivity contribution in [3.05, 3.63) is 29.3 Å². The Hall–Kier alpha value is -1.02. The number of likely N-dealkylation sites (N-methyl/N-ethyl adjacent to an activating group) is 1. The zero-order valence-corrected chi connectivity index (χ0v) is 10.2. The number of para-hydroxylation sites is 1. The van der Waals surface area contributed by atoms with Gasteiger partial charge in [-0.15, -0.1) is 0 Å². The second-order valence-electron chi connectivity index (χ2n) is 5.25. The molecule has 1 aromatic rings. The standard InChI is InChI=1S/C14H20N2/c1-11-5-3-6-12-9-13-10-15(2)7-4-8-16(13)14(11)12/h3,5-6,13H,4,7-10H2,1-2H3. The first kappa shape index (κ1) is 10.2. The summed E-state index contributed by atoms with van der Waals surface area (Å²) in [6.45, 7) is 5.94. The molecule has 0 bridgehead atoms. The second kappa shape index (κ2) is 3.77. The highest BCUT2D eigenvalue weighted by atomic mass is 15.2. The molecule has 2 aliphatic rings. The van der Waals surface area contributed by atoms with Gasteiger partial charge in [0.1, 0.15) is 0 Å². The van der Waals surface area contributed by atoms with E-state index in [9.17, 15) is 0 Å². The molecule has 0 saturated carbocycles. The van der Waals surface area contributed by atoms with E-state index in [0.29, 0.717) is 6.04 Å². The van der Waals surface area contributed by atoms with Gasteiger partial charge in [0, 0.05) is 24.8 Å². The van der Waals surface area contributed by atoms with Crippen LogP contribution in [0.3, 0.4) is 0 Å². The van der Waals surface area contributed by atoms with Crippen LogP contribution in [0.1, 0.15) is 17.5 Å². The summed E-state index contributed by atoms with van der Waals surface area (Å²) in [5.74, 6) is 0. The fourth-order valence-corrected chi connectivity index (χ4v) is 3.26. The van der Waals surface area contributed by atoms with Gasteiger partial charge in [-0.2, -0.15) is 0 Å². The van der Waals surface area contributed by atoms with Gasteiger partial charge in [-0.1, -0.05) is 18.2 Å². The lowest BCUT2D eigenvalue weighted by atomic mass is 10.1. The first-order chi connectivity index (χ1) is 7.75. The molecule has 0 aromatic heterocycles. The van der Waals surface area contributed by atoms with Crippen molar-refractivity contribution in [3.8, 4) is 0 Å². The Balaban J connectivity index is 1.98. The van der Waals surface area contributed by atoms with E-state index in [-0.39, 0.29) is 0 Å². The molecule has 1 fully saturated rings. The van der Waals surface area contributed by atoms with Crippen LogP contribution in [-0.4, -0.2) is 37.6 Å². The van der Waals surface area contributed by atoms with E-state index in [4.69, 9.17) is 0 Å². The average Bonchev–Trinajstić information content (AvgIpc) is 2.48. The Morgan fingerprint density at radius 3 is 3.00 bits per heavy atom. The molecule has 0 spiro atoms. The molecule has 1 aromatic carbocycles. The van der Waals surface area contributed by atoms with Crippen molar-refractivity contribution in [2.75, 3.05) is 31.6 Å². The van der Waals surface area contributed by atoms with E-state index in [1.807, 2.05) is 0 Å². The number of hydrogen-bond donors (Lipinski definition) is 0. The van der Waals surface area contributed by atoms with E-state index in [2.05, 4.69) is 42.0 Å². The molecular weight excluding hydrogens is 196 g/mol. The highest BCUT2D eigenvalue weighted by molar-refractivity contribution is 5.64. The SMILES string of the molecule is Cc1cccc2c1N1CCCN(C)CC1C2. The summed E-state index contributed by atoms with van der Waals surface area (Å²) in [6.07, 6.45) is 2.53. The van der Waals surface area contributed by atoms with Crippen molar-refractivity contribution in [1.82, 2.24) is 4.90 Å². The fourth-order valence-electron chi connectivity index (χ4n) is 3.26. The second-order valence-corrected chi connectivity index (χ2v) is 5.25. The van der Waals surface area contributed by atoms with E-state index >= 15 is 0 Å². The maximum Gasteiger partial charge on any atom is 0.0458 e. The van der Waals surface area contributed by atoms with Crippen LogP contribution in [0.25, 0.3) is 0 Å². The summed E-state index contributed by atoms with van der Waals surface area (Å²) >= 11 is 0. The minimum Gasteiger partial charge on any atom is -0.366 e. The molecule has 0 aliphatic carbocycles. The van der Waals surface area contributed by atoms with Gasteiger partial charge >= 0.3 is 0 Å². The summed E-state index contributed by atoms with van der Waals surface area (Å²) in [6, 6.07) is 7.46. The Morgan fingerprint density at radius 2 is 2.12 bits per heavy atom. The average molecular weight is 216 g/mol. The Morgan fingerprint density at radius 1 is 1.25 bits per heavy atom. The maximum atomic E-state index is 2.65. The molecule has 1 atom stereocenters. The van der Waals surface area contributed by atoms with E-state index in [1.165, 1.54) is 43.7 Å². The monoisotopic (exact) mass is 216 g/mol. The van der Waals surface area contributed by atoms with Gasteiger partial charge in [-0.3, -0.25) is 0 Å². The molecular formula is C14H20N2. The Labute approximate surface area is 97.9 Å². The van der Waals surface area contributed by atoms with Gasteiger partial charge < -0.3 is 9.80 Å². The zero-order valence-electron chi connectivity index (χ0n) is 10.2. The van der Waals surface area contributed by atoms with Gasteiger partial charge in [-0.25, -0.2) is 0 Å². The molecule has 0 N–H and O–H groups in total. The number of rotatable bonds is 0. The quantitative estimate of drug-likeness (QED) is 0.655. The highest BCUT2D eigenvalue weighted by Gasteiger charge is 2.32. The molecule has 86 valence electrons. The number of benzene rings is 1. The zero-order chi connectivity index (χ0) is 11.1. The van der Waals surface area contributed by atoms with Crippen LogP contribution in [0, 0.1) is 6.92 Å². The minimum absolute atomic E-state index is 0.712. The third-order valence-corrected chi connectivity index (χ3v) is 3.97. The van der Waals surface area contributed by atoms with Crippen LogP contribution < -0.4 is 4.90 Å². The topological polar surface area (TPSA) is 6.48 Å². The summed E-state index contributed by atoms with van der Waals surface area (Å²) < 4.78 is 0. The van der Waals surface area contributed by atoms with Gasteiger partial charge in [-0.05, 0) is 44.5 Å². The van der Waals surface area contributed by atoms with Crippen LogP contribution in [0.5, 0.6) is 0 Å². The lowest BCUT2D eigenvalue weighted by Gasteiger charge is -2.27. The lowest BCUT2D eigenvalue weighted by Crippen LogP contribution is -2.37. The molecule has 0 amide bonds. The smallest absolute Gasteiger partial charge is 0.0458 e. The van der Waals surface area contributed by atoms with Crippen molar-refractivity contribution in [2.45, 2.75) is 25.8 Å². The highest BCUT2D eigenvalue weighted by Crippen LogP contribution is 2.36. The normalized spacial score (nSPS) is 25.1. The van der Waals surface area contributed by atoms with E-state index < -0.39 is 0 Å². The van der Waals surface area contributed by atoms with Crippen LogP contribution in [-0.2, 0) is 6.42 Å². The van der Waals surface area contributed by atoms with Gasteiger partial charge in [0.15, 0.2) is 0 Å². The van der Waals surface area contributed by atoms with Crippen LogP contribution in [0.4, 0.5) is 5.69 Å². The third kappa shape index (κ3) is 1.52. The molecule has 0 radical (unpaired) electrons. The predicted molar refractivity (Wildman–Crippen MR) is 68.1 cm³/mol. The summed E-state index contributed by atoms with van der Waals surface area (Å²) in [5.41, 5.74) is 4.53. The maximum absolute atomic E-state index is 2.65. The minimum atomic E-state index is 0.712. The Bertz CT molecular complexity index is 400. The first-order valence-corrected chi connectivity index (χ1v) is 6.29. The van der Waals surface area contributed by atoms with Crippen LogP contribution in [0.2, 0.25) is 0 Å². The molecule has 3 rings (SSSR count). The fraction of sp³-hybridized carbons (Fsp3) is 0.571. The molecule has 1 unspecified atom stereocenters. The number of aryl methyl sites for hydroxylation is 1. The van der Waals surface area contributed by atoms with Crippen molar-refractivity contribution in [2.24, 2.45) is 0 Å². The van der Waals surface area contributed by atoms with Crippen molar-refractivity contribution < 1.29 is 0 Å². The van der Waals surface area contributed by atoms with Crippen LogP contribution >= 0.6 is 0 Å². The molecule has 1 saturated heterocycles. The molecule has 2 heterocycles. The largest absolute Gasteiger partial charge is 0.366 e. The first-order valence-electron chi connectivity index (χ1n) is 6.29. The van der Waals surface area contributed by atoms with Crippen molar-refractivity contribution in [3.63, 3.8) is 0 Å². The summed E-state index contributed by atoms with van der Waals surface area (Å²) in [4.78, 5) is 5.13. The number of hydrogen-bond acceptors (Lipinski definition) is 2. The number of fused-ring (bicyclic) bond motifs is 3. The summed E-state index contributed by atoms with van der Waals surface area (Å²) in [5, 5.41) is 0. The molecule has 2 nitrogen and oxygen atoms in total. The van der Waals surface area contributed by atoms with Gasteiger partial charge in [0.25, 0.3) is 0 Å². The molecule has 2 heteroatoms. The predicted octanol–water partition coefficient (Wildman–Crippen LogP) is 2.06. The third-order valence-electron chi connectivity index (χ3n) is 3.97. The van der Waals surface area contributed by atoms with Crippen LogP contribution in [0.15, 0.2) is 18.2 Å². The lowest BCUT2D eigenvalue weighted by molar-refractivity contribution is 0.333.